The molecule has 0 amide bonds. The Kier molecular flexibility index (Phi) is 4.94. The van der Waals surface area contributed by atoms with Crippen molar-refractivity contribution in [3.63, 3.8) is 0 Å². The summed E-state index contributed by atoms with van der Waals surface area (Å²) in [4.78, 5) is 2.47. The van der Waals surface area contributed by atoms with E-state index in [4.69, 9.17) is 0 Å². The fourth-order valence-corrected chi connectivity index (χ4v) is 2.68. The standard InChI is InChI=1S/C12H25NOS/c1-12(2,3)10(9-15)8-13-6-4-11(14)5-7-13/h10-11,14-15H,4-9H2,1-3H3. The van der Waals surface area contributed by atoms with Gasteiger partial charge in [-0.1, -0.05) is 20.8 Å². The van der Waals surface area contributed by atoms with Gasteiger partial charge >= 0.3 is 0 Å². The van der Waals surface area contributed by atoms with E-state index in [1.54, 1.807) is 0 Å². The molecule has 0 aromatic heterocycles. The lowest BCUT2D eigenvalue weighted by molar-refractivity contribution is 0.0648. The van der Waals surface area contributed by atoms with Crippen LogP contribution in [0, 0.1) is 11.3 Å². The average Bonchev–Trinajstić information content (AvgIpc) is 2.15. The number of hydrogen-bond acceptors (Lipinski definition) is 3. The lowest BCUT2D eigenvalue weighted by atomic mass is 9.81. The molecule has 0 aliphatic carbocycles. The molecule has 90 valence electrons. The highest BCUT2D eigenvalue weighted by Crippen LogP contribution is 2.28. The Morgan fingerprint density at radius 3 is 2.27 bits per heavy atom. The van der Waals surface area contributed by atoms with Crippen LogP contribution in [0.5, 0.6) is 0 Å². The fraction of sp³-hybridized carbons (Fsp3) is 1.00. The van der Waals surface area contributed by atoms with Gasteiger partial charge in [0.1, 0.15) is 0 Å². The van der Waals surface area contributed by atoms with Crippen molar-refractivity contribution in [2.24, 2.45) is 11.3 Å². The van der Waals surface area contributed by atoms with Gasteiger partial charge in [-0.3, -0.25) is 0 Å². The molecule has 1 aliphatic heterocycles. The number of nitrogens with zero attached hydrogens (tertiary/aromatic N) is 1. The Labute approximate surface area is 99.5 Å². The third kappa shape index (κ3) is 4.33. The lowest BCUT2D eigenvalue weighted by Crippen LogP contribution is -2.42. The van der Waals surface area contributed by atoms with Gasteiger partial charge in [-0.15, -0.1) is 0 Å². The van der Waals surface area contributed by atoms with E-state index in [0.717, 1.165) is 38.2 Å². The molecule has 1 heterocycles. The van der Waals surface area contributed by atoms with Gasteiger partial charge in [0, 0.05) is 19.6 Å². The van der Waals surface area contributed by atoms with Crippen LogP contribution in [0.4, 0.5) is 0 Å². The predicted octanol–water partition coefficient (Wildman–Crippen LogP) is 2.04. The van der Waals surface area contributed by atoms with E-state index in [1.807, 2.05) is 0 Å². The summed E-state index contributed by atoms with van der Waals surface area (Å²) in [6.45, 7) is 10.1. The Morgan fingerprint density at radius 2 is 1.87 bits per heavy atom. The second-order valence-electron chi connectivity index (χ2n) is 5.78. The molecule has 1 N–H and O–H groups in total. The normalized spacial score (nSPS) is 23.0. The molecule has 0 radical (unpaired) electrons. The second-order valence-corrected chi connectivity index (χ2v) is 6.14. The summed E-state index contributed by atoms with van der Waals surface area (Å²) in [6, 6.07) is 0. The smallest absolute Gasteiger partial charge is 0.0564 e. The number of likely N-dealkylation sites (tertiary alicyclic amines) is 1. The maximum Gasteiger partial charge on any atom is 0.0564 e. The van der Waals surface area contributed by atoms with Crippen LogP contribution in [0.2, 0.25) is 0 Å². The Bertz CT molecular complexity index is 183. The van der Waals surface area contributed by atoms with Gasteiger partial charge in [-0.2, -0.15) is 12.6 Å². The van der Waals surface area contributed by atoms with Gasteiger partial charge in [0.25, 0.3) is 0 Å². The van der Waals surface area contributed by atoms with Crippen molar-refractivity contribution in [2.75, 3.05) is 25.4 Å². The quantitative estimate of drug-likeness (QED) is 0.726. The highest BCUT2D eigenvalue weighted by Gasteiger charge is 2.27. The average molecular weight is 231 g/mol. The summed E-state index contributed by atoms with van der Waals surface area (Å²) in [5, 5.41) is 9.44. The summed E-state index contributed by atoms with van der Waals surface area (Å²) in [5.41, 5.74) is 0.331. The van der Waals surface area contributed by atoms with Crippen molar-refractivity contribution in [1.29, 1.82) is 0 Å². The second kappa shape index (κ2) is 5.55. The summed E-state index contributed by atoms with van der Waals surface area (Å²) in [7, 11) is 0. The maximum atomic E-state index is 9.44. The minimum Gasteiger partial charge on any atom is -0.393 e. The molecule has 0 aromatic carbocycles. The molecule has 2 nitrogen and oxygen atoms in total. The van der Waals surface area contributed by atoms with Gasteiger partial charge in [0.2, 0.25) is 0 Å². The van der Waals surface area contributed by atoms with Crippen molar-refractivity contribution in [3.8, 4) is 0 Å². The molecule has 1 aliphatic rings. The van der Waals surface area contributed by atoms with E-state index in [9.17, 15) is 5.11 Å². The first kappa shape index (κ1) is 13.3. The molecule has 1 unspecified atom stereocenters. The zero-order valence-corrected chi connectivity index (χ0v) is 11.1. The summed E-state index contributed by atoms with van der Waals surface area (Å²) in [6.07, 6.45) is 1.80. The number of rotatable bonds is 3. The van der Waals surface area contributed by atoms with Crippen LogP contribution in [-0.4, -0.2) is 41.5 Å². The Morgan fingerprint density at radius 1 is 1.33 bits per heavy atom. The number of piperidine rings is 1. The molecule has 1 fully saturated rings. The highest BCUT2D eigenvalue weighted by molar-refractivity contribution is 7.80. The van der Waals surface area contributed by atoms with Gasteiger partial charge in [-0.05, 0) is 29.9 Å². The van der Waals surface area contributed by atoms with Crippen LogP contribution in [0.25, 0.3) is 0 Å². The van der Waals surface area contributed by atoms with E-state index >= 15 is 0 Å². The van der Waals surface area contributed by atoms with Crippen LogP contribution in [-0.2, 0) is 0 Å². The third-order valence-corrected chi connectivity index (χ3v) is 3.92. The molecule has 0 spiro atoms. The van der Waals surface area contributed by atoms with Crippen LogP contribution in [0.3, 0.4) is 0 Å². The first-order chi connectivity index (χ1) is 6.93. The van der Waals surface area contributed by atoms with Crippen LogP contribution < -0.4 is 0 Å². The van der Waals surface area contributed by atoms with Crippen molar-refractivity contribution in [1.82, 2.24) is 4.90 Å². The summed E-state index contributed by atoms with van der Waals surface area (Å²) in [5.74, 6) is 1.58. The largest absolute Gasteiger partial charge is 0.393 e. The van der Waals surface area contributed by atoms with Gasteiger partial charge < -0.3 is 10.0 Å². The first-order valence-electron chi connectivity index (χ1n) is 5.94. The van der Waals surface area contributed by atoms with Crippen LogP contribution >= 0.6 is 12.6 Å². The SMILES string of the molecule is CC(C)(C)C(CS)CN1CCC(O)CC1. The predicted molar refractivity (Wildman–Crippen MR) is 68.5 cm³/mol. The molecule has 3 heteroatoms. The van der Waals surface area contributed by atoms with Crippen LogP contribution in [0.15, 0.2) is 0 Å². The van der Waals surface area contributed by atoms with E-state index in [0.29, 0.717) is 11.3 Å². The Hall–Kier alpha value is 0.270. The van der Waals surface area contributed by atoms with E-state index < -0.39 is 0 Å². The number of aliphatic hydroxyl groups is 1. The van der Waals surface area contributed by atoms with Gasteiger partial charge in [-0.25, -0.2) is 0 Å². The van der Waals surface area contributed by atoms with Crippen molar-refractivity contribution in [3.05, 3.63) is 0 Å². The fourth-order valence-electron chi connectivity index (χ4n) is 2.02. The number of thiol groups is 1. The monoisotopic (exact) mass is 231 g/mol. The van der Waals surface area contributed by atoms with Crippen molar-refractivity contribution < 1.29 is 5.11 Å². The first-order valence-corrected chi connectivity index (χ1v) is 6.58. The minimum atomic E-state index is -0.0645. The zero-order valence-electron chi connectivity index (χ0n) is 10.2. The number of hydrogen-bond donors (Lipinski definition) is 2. The summed E-state index contributed by atoms with van der Waals surface area (Å²) < 4.78 is 0. The van der Waals surface area contributed by atoms with Gasteiger partial charge in [0.15, 0.2) is 0 Å². The van der Waals surface area contributed by atoms with Crippen molar-refractivity contribution in [2.45, 2.75) is 39.7 Å². The topological polar surface area (TPSA) is 23.5 Å². The molecular formula is C12H25NOS. The molecule has 15 heavy (non-hydrogen) atoms. The summed E-state index contributed by atoms with van der Waals surface area (Å²) >= 11 is 4.45. The molecule has 1 saturated heterocycles. The van der Waals surface area contributed by atoms with E-state index in [1.165, 1.54) is 0 Å². The van der Waals surface area contributed by atoms with Crippen molar-refractivity contribution >= 4 is 12.6 Å². The lowest BCUT2D eigenvalue weighted by Gasteiger charge is -2.37. The maximum absolute atomic E-state index is 9.44. The van der Waals surface area contributed by atoms with E-state index in [-0.39, 0.29) is 6.10 Å². The Balaban J connectivity index is 2.39. The third-order valence-electron chi connectivity index (χ3n) is 3.48. The molecular weight excluding hydrogens is 206 g/mol. The van der Waals surface area contributed by atoms with Gasteiger partial charge in [0.05, 0.1) is 6.10 Å². The number of aliphatic hydroxyl groups excluding tert-OH is 1. The molecule has 0 saturated carbocycles. The highest BCUT2D eigenvalue weighted by atomic mass is 32.1. The molecule has 1 rings (SSSR count). The molecule has 1 atom stereocenters. The zero-order chi connectivity index (χ0) is 11.5. The van der Waals surface area contributed by atoms with E-state index in [2.05, 4.69) is 38.3 Å². The molecule has 0 aromatic rings. The van der Waals surface area contributed by atoms with Crippen LogP contribution in [0.1, 0.15) is 33.6 Å². The minimum absolute atomic E-state index is 0.0645. The molecule has 0 bridgehead atoms.